The van der Waals surface area contributed by atoms with Crippen molar-refractivity contribution >= 4 is 34.8 Å². The summed E-state index contributed by atoms with van der Waals surface area (Å²) in [5.74, 6) is 0.135. The first-order valence-electron chi connectivity index (χ1n) is 8.58. The molecule has 0 saturated carbocycles. The van der Waals surface area contributed by atoms with Crippen LogP contribution in [0, 0.1) is 27.7 Å². The van der Waals surface area contributed by atoms with Crippen LogP contribution in [0.5, 0.6) is 0 Å². The quantitative estimate of drug-likeness (QED) is 0.639. The Labute approximate surface area is 163 Å². The molecule has 27 heavy (non-hydrogen) atoms. The third-order valence-electron chi connectivity index (χ3n) is 4.30. The van der Waals surface area contributed by atoms with E-state index in [1.54, 1.807) is 0 Å². The molecule has 0 bridgehead atoms. The molecule has 1 amide bonds. The van der Waals surface area contributed by atoms with E-state index in [9.17, 15) is 4.79 Å². The minimum Gasteiger partial charge on any atom is -0.323 e. The first-order chi connectivity index (χ1) is 12.8. The molecule has 0 radical (unpaired) electrons. The van der Waals surface area contributed by atoms with Gasteiger partial charge >= 0.3 is 0 Å². The van der Waals surface area contributed by atoms with Crippen molar-refractivity contribution in [2.75, 3.05) is 10.6 Å². The number of rotatable bonds is 4. The summed E-state index contributed by atoms with van der Waals surface area (Å²) in [6, 6.07) is 9.78. The lowest BCUT2D eigenvalue weighted by atomic mass is 10.1. The Hall–Kier alpha value is -2.92. The van der Waals surface area contributed by atoms with Crippen molar-refractivity contribution in [3.8, 4) is 0 Å². The Balaban J connectivity index is 1.77. The number of para-hydroxylation sites is 1. The van der Waals surface area contributed by atoms with Crippen LogP contribution in [0.1, 0.15) is 32.6 Å². The van der Waals surface area contributed by atoms with Crippen molar-refractivity contribution < 1.29 is 4.79 Å². The Morgan fingerprint density at radius 3 is 2.15 bits per heavy atom. The number of aromatic nitrogens is 2. The number of benzene rings is 2. The largest absolute Gasteiger partial charge is 0.323 e. The summed E-state index contributed by atoms with van der Waals surface area (Å²) in [7, 11) is 0. The number of aryl methyl sites for hydroxylation is 4. The smallest absolute Gasteiger partial charge is 0.258 e. The monoisotopic (exact) mass is 380 g/mol. The Morgan fingerprint density at radius 1 is 0.926 bits per heavy atom. The van der Waals surface area contributed by atoms with E-state index >= 15 is 0 Å². The van der Waals surface area contributed by atoms with Crippen molar-refractivity contribution in [1.82, 2.24) is 9.97 Å². The van der Waals surface area contributed by atoms with E-state index in [1.807, 2.05) is 58.0 Å². The van der Waals surface area contributed by atoms with Gasteiger partial charge in [0.25, 0.3) is 5.91 Å². The summed E-state index contributed by atoms with van der Waals surface area (Å²) in [5, 5.41) is 6.65. The molecule has 0 aliphatic rings. The number of amides is 1. The highest BCUT2D eigenvalue weighted by molar-refractivity contribution is 6.33. The Kier molecular flexibility index (Phi) is 5.42. The minimum atomic E-state index is -0.247. The van der Waals surface area contributed by atoms with Gasteiger partial charge in [-0.1, -0.05) is 35.9 Å². The molecule has 0 aliphatic carbocycles. The van der Waals surface area contributed by atoms with Gasteiger partial charge in [0.15, 0.2) is 0 Å². The van der Waals surface area contributed by atoms with Gasteiger partial charge in [-0.2, -0.15) is 0 Å². The van der Waals surface area contributed by atoms with Crippen LogP contribution in [-0.2, 0) is 0 Å². The van der Waals surface area contributed by atoms with Crippen molar-refractivity contribution in [2.45, 2.75) is 27.7 Å². The zero-order chi connectivity index (χ0) is 19.6. The van der Waals surface area contributed by atoms with Crippen LogP contribution in [0.3, 0.4) is 0 Å². The summed E-state index contributed by atoms with van der Waals surface area (Å²) in [4.78, 5) is 21.0. The first-order valence-corrected chi connectivity index (χ1v) is 8.96. The second kappa shape index (κ2) is 7.76. The SMILES string of the molecule is Cc1cc(C)c(Nc2ncc(C(=O)Nc3c(C)cccc3C)cn2)c(Cl)c1. The lowest BCUT2D eigenvalue weighted by molar-refractivity contribution is 0.102. The fourth-order valence-corrected chi connectivity index (χ4v) is 3.26. The maximum absolute atomic E-state index is 12.5. The van der Waals surface area contributed by atoms with Gasteiger partial charge in [-0.3, -0.25) is 4.79 Å². The van der Waals surface area contributed by atoms with E-state index in [4.69, 9.17) is 11.6 Å². The van der Waals surface area contributed by atoms with E-state index in [0.717, 1.165) is 33.6 Å². The summed E-state index contributed by atoms with van der Waals surface area (Å²) >= 11 is 6.30. The number of carbonyl (C=O) groups is 1. The van der Waals surface area contributed by atoms with Crippen molar-refractivity contribution in [3.63, 3.8) is 0 Å². The van der Waals surface area contributed by atoms with Crippen LogP contribution in [-0.4, -0.2) is 15.9 Å². The minimum absolute atomic E-state index is 0.247. The molecule has 5 nitrogen and oxygen atoms in total. The standard InChI is InChI=1S/C21H21ClN4O/c1-12-8-15(4)19(17(22)9-12)26-21-23-10-16(11-24-21)20(27)25-18-13(2)6-5-7-14(18)3/h5-11H,1-4H3,(H,25,27)(H,23,24,26). The highest BCUT2D eigenvalue weighted by atomic mass is 35.5. The molecule has 3 rings (SSSR count). The number of hydrogen-bond donors (Lipinski definition) is 2. The lowest BCUT2D eigenvalue weighted by Gasteiger charge is -2.12. The lowest BCUT2D eigenvalue weighted by Crippen LogP contribution is -2.14. The highest BCUT2D eigenvalue weighted by Crippen LogP contribution is 2.29. The first kappa shape index (κ1) is 18.9. The second-order valence-electron chi connectivity index (χ2n) is 6.58. The zero-order valence-corrected chi connectivity index (χ0v) is 16.5. The van der Waals surface area contributed by atoms with E-state index in [-0.39, 0.29) is 5.91 Å². The highest BCUT2D eigenvalue weighted by Gasteiger charge is 2.12. The van der Waals surface area contributed by atoms with E-state index in [1.165, 1.54) is 12.4 Å². The maximum Gasteiger partial charge on any atom is 0.258 e. The normalized spacial score (nSPS) is 10.6. The average molecular weight is 381 g/mol. The third-order valence-corrected chi connectivity index (χ3v) is 4.60. The molecule has 138 valence electrons. The van der Waals surface area contributed by atoms with Gasteiger partial charge in [0.1, 0.15) is 0 Å². The fourth-order valence-electron chi connectivity index (χ4n) is 2.89. The molecule has 0 unspecified atom stereocenters. The molecule has 0 aliphatic heterocycles. The van der Waals surface area contributed by atoms with Crippen LogP contribution < -0.4 is 10.6 Å². The molecule has 0 fully saturated rings. The number of halogens is 1. The Morgan fingerprint density at radius 2 is 1.56 bits per heavy atom. The maximum atomic E-state index is 12.5. The summed E-state index contributed by atoms with van der Waals surface area (Å²) < 4.78 is 0. The van der Waals surface area contributed by atoms with Gasteiger partial charge in [-0.25, -0.2) is 9.97 Å². The second-order valence-corrected chi connectivity index (χ2v) is 6.99. The van der Waals surface area contributed by atoms with Gasteiger partial charge in [0, 0.05) is 18.1 Å². The number of nitrogens with zero attached hydrogens (tertiary/aromatic N) is 2. The van der Waals surface area contributed by atoms with Gasteiger partial charge in [-0.15, -0.1) is 0 Å². The average Bonchev–Trinajstić information content (AvgIpc) is 2.61. The number of carbonyl (C=O) groups excluding carboxylic acids is 1. The molecule has 0 spiro atoms. The molecule has 6 heteroatoms. The van der Waals surface area contributed by atoms with E-state index in [0.29, 0.717) is 16.5 Å². The van der Waals surface area contributed by atoms with Gasteiger partial charge < -0.3 is 10.6 Å². The summed E-state index contributed by atoms with van der Waals surface area (Å²) in [6.07, 6.45) is 2.99. The van der Waals surface area contributed by atoms with Crippen molar-refractivity contribution in [2.24, 2.45) is 0 Å². The van der Waals surface area contributed by atoms with Gasteiger partial charge in [0.05, 0.1) is 16.3 Å². The summed E-state index contributed by atoms with van der Waals surface area (Å²) in [6.45, 7) is 7.87. The van der Waals surface area contributed by atoms with Crippen LogP contribution >= 0.6 is 11.6 Å². The van der Waals surface area contributed by atoms with Gasteiger partial charge in [0.2, 0.25) is 5.95 Å². The molecule has 0 saturated heterocycles. The number of nitrogens with one attached hydrogen (secondary N) is 2. The zero-order valence-electron chi connectivity index (χ0n) is 15.7. The molecular weight excluding hydrogens is 360 g/mol. The topological polar surface area (TPSA) is 66.9 Å². The number of anilines is 3. The van der Waals surface area contributed by atoms with Crippen LogP contribution in [0.4, 0.5) is 17.3 Å². The van der Waals surface area contributed by atoms with Crippen molar-refractivity contribution in [3.05, 3.63) is 75.6 Å². The molecule has 3 aromatic rings. The van der Waals surface area contributed by atoms with Crippen molar-refractivity contribution in [1.29, 1.82) is 0 Å². The van der Waals surface area contributed by atoms with Crippen LogP contribution in [0.25, 0.3) is 0 Å². The fraction of sp³-hybridized carbons (Fsp3) is 0.190. The predicted molar refractivity (Wildman–Crippen MR) is 110 cm³/mol. The molecule has 2 aromatic carbocycles. The third kappa shape index (κ3) is 4.26. The van der Waals surface area contributed by atoms with Crippen LogP contribution in [0.2, 0.25) is 5.02 Å². The Bertz CT molecular complexity index is 956. The number of hydrogen-bond acceptors (Lipinski definition) is 4. The molecule has 1 aromatic heterocycles. The molecular formula is C21H21ClN4O. The molecule has 2 N–H and O–H groups in total. The molecule has 0 atom stereocenters. The predicted octanol–water partition coefficient (Wildman–Crippen LogP) is 5.36. The molecule has 1 heterocycles. The van der Waals surface area contributed by atoms with E-state index in [2.05, 4.69) is 20.6 Å². The van der Waals surface area contributed by atoms with Crippen LogP contribution in [0.15, 0.2) is 42.7 Å². The van der Waals surface area contributed by atoms with Gasteiger partial charge in [-0.05, 0) is 56.0 Å². The summed E-state index contributed by atoms with van der Waals surface area (Å²) in [5.41, 5.74) is 6.05. The van der Waals surface area contributed by atoms with E-state index < -0.39 is 0 Å².